The highest BCUT2D eigenvalue weighted by Gasteiger charge is 2.39. The molecule has 4 nitrogen and oxygen atoms in total. The van der Waals surface area contributed by atoms with Crippen LogP contribution < -0.4 is 11.1 Å². The molecule has 1 aromatic rings. The Morgan fingerprint density at radius 2 is 2.00 bits per heavy atom. The molecule has 5 heteroatoms. The van der Waals surface area contributed by atoms with Crippen molar-refractivity contribution in [2.45, 2.75) is 59.4 Å². The molecule has 1 heterocycles. The number of nitrogens with two attached hydrogens (primary N) is 1. The van der Waals surface area contributed by atoms with Crippen LogP contribution in [0.1, 0.15) is 62.5 Å². The Morgan fingerprint density at radius 1 is 1.38 bits per heavy atom. The predicted molar refractivity (Wildman–Crippen MR) is 87.5 cm³/mol. The average molecular weight is 309 g/mol. The average Bonchev–Trinajstić information content (AvgIpc) is 2.73. The smallest absolute Gasteiger partial charge is 0.270 e. The first-order chi connectivity index (χ1) is 9.71. The number of hydrogen-bond acceptors (Lipinski definition) is 4. The molecular formula is C16H27N3OS. The topological polar surface area (TPSA) is 68.0 Å². The van der Waals surface area contributed by atoms with Crippen LogP contribution in [0.2, 0.25) is 0 Å². The molecule has 0 aromatic carbocycles. The first-order valence-corrected chi connectivity index (χ1v) is 8.54. The van der Waals surface area contributed by atoms with Gasteiger partial charge in [0, 0.05) is 17.8 Å². The van der Waals surface area contributed by atoms with E-state index in [0.717, 1.165) is 24.3 Å². The second-order valence-corrected chi connectivity index (χ2v) is 8.69. The molecule has 1 aliphatic rings. The summed E-state index contributed by atoms with van der Waals surface area (Å²) < 4.78 is 0. The van der Waals surface area contributed by atoms with Gasteiger partial charge in [0.05, 0.1) is 5.01 Å². The molecule has 1 aliphatic carbocycles. The number of thiazole rings is 1. The lowest BCUT2D eigenvalue weighted by atomic mass is 9.63. The van der Waals surface area contributed by atoms with Gasteiger partial charge in [0.15, 0.2) is 0 Å². The molecule has 0 aliphatic heterocycles. The second kappa shape index (κ2) is 6.05. The van der Waals surface area contributed by atoms with Crippen LogP contribution in [-0.2, 0) is 6.42 Å². The summed E-state index contributed by atoms with van der Waals surface area (Å²) in [6.45, 7) is 9.72. The summed E-state index contributed by atoms with van der Waals surface area (Å²) in [5.74, 6) is -0.0481. The van der Waals surface area contributed by atoms with Crippen molar-refractivity contribution in [3.8, 4) is 0 Å². The zero-order valence-electron chi connectivity index (χ0n) is 13.5. The third-order valence-electron chi connectivity index (χ3n) is 4.03. The normalized spacial score (nSPS) is 21.2. The molecule has 21 heavy (non-hydrogen) atoms. The number of amides is 1. The lowest BCUT2D eigenvalue weighted by Gasteiger charge is -2.45. The highest BCUT2D eigenvalue weighted by atomic mass is 32.1. The minimum Gasteiger partial charge on any atom is -0.348 e. The van der Waals surface area contributed by atoms with E-state index in [9.17, 15) is 4.79 Å². The number of carbonyl (C=O) groups is 1. The molecule has 2 rings (SSSR count). The molecule has 3 N–H and O–H groups in total. The van der Waals surface area contributed by atoms with Gasteiger partial charge in [0.25, 0.3) is 5.91 Å². The molecule has 1 aromatic heterocycles. The van der Waals surface area contributed by atoms with E-state index in [-0.39, 0.29) is 22.8 Å². The fourth-order valence-corrected chi connectivity index (χ4v) is 4.66. The highest BCUT2D eigenvalue weighted by Crippen LogP contribution is 2.45. The van der Waals surface area contributed by atoms with Crippen molar-refractivity contribution in [2.24, 2.45) is 16.6 Å². The summed E-state index contributed by atoms with van der Waals surface area (Å²) in [6, 6.07) is 0.232. The predicted octanol–water partition coefficient (Wildman–Crippen LogP) is 2.98. The summed E-state index contributed by atoms with van der Waals surface area (Å²) in [5, 5.41) is 5.95. The van der Waals surface area contributed by atoms with Crippen LogP contribution in [0.15, 0.2) is 5.38 Å². The van der Waals surface area contributed by atoms with Crippen molar-refractivity contribution in [2.75, 3.05) is 6.54 Å². The Morgan fingerprint density at radius 3 is 2.57 bits per heavy atom. The van der Waals surface area contributed by atoms with Gasteiger partial charge in [-0.1, -0.05) is 27.7 Å². The molecule has 118 valence electrons. The number of aromatic nitrogens is 1. The van der Waals surface area contributed by atoms with E-state index < -0.39 is 0 Å². The Hall–Kier alpha value is -0.940. The molecular weight excluding hydrogens is 282 g/mol. The van der Waals surface area contributed by atoms with Gasteiger partial charge in [0.2, 0.25) is 0 Å². The van der Waals surface area contributed by atoms with Crippen LogP contribution in [0.4, 0.5) is 0 Å². The molecule has 1 saturated carbocycles. The highest BCUT2D eigenvalue weighted by molar-refractivity contribution is 7.09. The monoisotopic (exact) mass is 309 g/mol. The van der Waals surface area contributed by atoms with E-state index in [1.807, 2.05) is 5.38 Å². The SMILES string of the molecule is CC1(C)CC(NC(=O)c2csc(CCN)n2)CC(C)(C)C1. The molecule has 0 radical (unpaired) electrons. The molecule has 0 unspecified atom stereocenters. The number of hydrogen-bond donors (Lipinski definition) is 2. The van der Waals surface area contributed by atoms with E-state index in [2.05, 4.69) is 38.0 Å². The summed E-state index contributed by atoms with van der Waals surface area (Å²) >= 11 is 1.51. The Labute approximate surface area is 131 Å². The Bertz CT molecular complexity index is 491. The van der Waals surface area contributed by atoms with Gasteiger partial charge < -0.3 is 11.1 Å². The number of carbonyl (C=O) groups excluding carboxylic acids is 1. The van der Waals surface area contributed by atoms with Gasteiger partial charge in [0.1, 0.15) is 5.69 Å². The lowest BCUT2D eigenvalue weighted by Crippen LogP contribution is -2.46. The van der Waals surface area contributed by atoms with Crippen LogP contribution in [0.25, 0.3) is 0 Å². The van der Waals surface area contributed by atoms with Crippen LogP contribution in [0.5, 0.6) is 0 Å². The van der Waals surface area contributed by atoms with Gasteiger partial charge in [-0.05, 0) is 36.6 Å². The van der Waals surface area contributed by atoms with Crippen molar-refractivity contribution in [1.29, 1.82) is 0 Å². The molecule has 1 fully saturated rings. The van der Waals surface area contributed by atoms with Crippen molar-refractivity contribution in [1.82, 2.24) is 10.3 Å². The van der Waals surface area contributed by atoms with E-state index in [0.29, 0.717) is 12.2 Å². The summed E-state index contributed by atoms with van der Waals surface area (Å²) in [7, 11) is 0. The molecule has 1 amide bonds. The Balaban J connectivity index is 2.01. The summed E-state index contributed by atoms with van der Waals surface area (Å²) in [4.78, 5) is 16.7. The molecule has 0 bridgehead atoms. The maximum Gasteiger partial charge on any atom is 0.270 e. The van der Waals surface area contributed by atoms with E-state index in [1.165, 1.54) is 17.8 Å². The fraction of sp³-hybridized carbons (Fsp3) is 0.750. The fourth-order valence-electron chi connectivity index (χ4n) is 3.86. The lowest BCUT2D eigenvalue weighted by molar-refractivity contribution is 0.0711. The van der Waals surface area contributed by atoms with Crippen LogP contribution >= 0.6 is 11.3 Å². The Kier molecular flexibility index (Phi) is 4.73. The standard InChI is InChI=1S/C16H27N3OS/c1-15(2)7-11(8-16(3,4)10-15)18-14(20)12-9-21-13(19-12)5-6-17/h9,11H,5-8,10,17H2,1-4H3,(H,18,20). The third kappa shape index (κ3) is 4.51. The summed E-state index contributed by atoms with van der Waals surface area (Å²) in [5.41, 5.74) is 6.59. The van der Waals surface area contributed by atoms with Crippen LogP contribution in [0, 0.1) is 10.8 Å². The zero-order chi connectivity index (χ0) is 15.7. The van der Waals surface area contributed by atoms with Gasteiger partial charge in [-0.25, -0.2) is 4.98 Å². The van der Waals surface area contributed by atoms with E-state index in [4.69, 9.17) is 5.73 Å². The largest absolute Gasteiger partial charge is 0.348 e. The molecule has 0 saturated heterocycles. The maximum atomic E-state index is 12.4. The van der Waals surface area contributed by atoms with Gasteiger partial charge >= 0.3 is 0 Å². The number of nitrogens with zero attached hydrogens (tertiary/aromatic N) is 1. The first kappa shape index (κ1) is 16.4. The van der Waals surface area contributed by atoms with Crippen LogP contribution in [-0.4, -0.2) is 23.5 Å². The summed E-state index contributed by atoms with van der Waals surface area (Å²) in [6.07, 6.45) is 4.00. The van der Waals surface area contributed by atoms with Gasteiger partial charge in [-0.15, -0.1) is 11.3 Å². The van der Waals surface area contributed by atoms with Crippen LogP contribution in [0.3, 0.4) is 0 Å². The van der Waals surface area contributed by atoms with E-state index >= 15 is 0 Å². The van der Waals surface area contributed by atoms with Gasteiger partial charge in [-0.3, -0.25) is 4.79 Å². The van der Waals surface area contributed by atoms with Crippen molar-refractivity contribution in [3.63, 3.8) is 0 Å². The first-order valence-electron chi connectivity index (χ1n) is 7.66. The third-order valence-corrected chi connectivity index (χ3v) is 4.94. The van der Waals surface area contributed by atoms with Crippen molar-refractivity contribution >= 4 is 17.2 Å². The zero-order valence-corrected chi connectivity index (χ0v) is 14.3. The maximum absolute atomic E-state index is 12.4. The number of rotatable bonds is 4. The van der Waals surface area contributed by atoms with Crippen molar-refractivity contribution < 1.29 is 4.79 Å². The number of nitrogens with one attached hydrogen (secondary N) is 1. The minimum atomic E-state index is -0.0481. The quantitative estimate of drug-likeness (QED) is 0.898. The molecule has 0 spiro atoms. The minimum absolute atomic E-state index is 0.0481. The van der Waals surface area contributed by atoms with Crippen molar-refractivity contribution in [3.05, 3.63) is 16.1 Å². The van der Waals surface area contributed by atoms with E-state index in [1.54, 1.807) is 0 Å². The molecule has 0 atom stereocenters. The second-order valence-electron chi connectivity index (χ2n) is 7.75. The van der Waals surface area contributed by atoms with Gasteiger partial charge in [-0.2, -0.15) is 0 Å².